The molecule has 0 bridgehead atoms. The number of nitrogens with one attached hydrogen (secondary N) is 1. The number of hydrogen-bond acceptors (Lipinski definition) is 5. The molecule has 1 N–H and O–H groups in total. The maximum absolute atomic E-state index is 12.7. The molecule has 0 spiro atoms. The molecule has 1 aliphatic heterocycles. The van der Waals surface area contributed by atoms with Crippen molar-refractivity contribution in [2.75, 3.05) is 11.9 Å². The first kappa shape index (κ1) is 16.9. The molecule has 0 aliphatic carbocycles. The van der Waals surface area contributed by atoms with Crippen molar-refractivity contribution in [3.8, 4) is 6.07 Å². The Morgan fingerprint density at radius 3 is 2.80 bits per heavy atom. The van der Waals surface area contributed by atoms with Crippen molar-refractivity contribution in [3.05, 3.63) is 52.6 Å². The zero-order valence-corrected chi connectivity index (χ0v) is 12.7. The number of pyridine rings is 2. The van der Waals surface area contributed by atoms with Crippen molar-refractivity contribution in [2.24, 2.45) is 0 Å². The lowest BCUT2D eigenvalue weighted by Crippen LogP contribution is -2.17. The van der Waals surface area contributed by atoms with Crippen LogP contribution in [0.2, 0.25) is 0 Å². The highest BCUT2D eigenvalue weighted by molar-refractivity contribution is 6.04. The van der Waals surface area contributed by atoms with Crippen molar-refractivity contribution in [1.29, 1.82) is 5.26 Å². The highest BCUT2D eigenvalue weighted by atomic mass is 19.4. The van der Waals surface area contributed by atoms with Crippen LogP contribution in [0.3, 0.4) is 0 Å². The summed E-state index contributed by atoms with van der Waals surface area (Å²) >= 11 is 0. The number of fused-ring (bicyclic) bond motifs is 1. The highest BCUT2D eigenvalue weighted by Gasteiger charge is 2.36. The Morgan fingerprint density at radius 2 is 2.08 bits per heavy atom. The largest absolute Gasteiger partial charge is 0.434 e. The Labute approximate surface area is 140 Å². The van der Waals surface area contributed by atoms with Crippen molar-refractivity contribution in [3.63, 3.8) is 0 Å². The third-order valence-corrected chi connectivity index (χ3v) is 3.60. The molecule has 2 aromatic heterocycles. The van der Waals surface area contributed by atoms with Gasteiger partial charge in [-0.15, -0.1) is 0 Å². The summed E-state index contributed by atoms with van der Waals surface area (Å²) in [5.74, 6) is -0.684. The Balaban J connectivity index is 1.83. The van der Waals surface area contributed by atoms with E-state index in [9.17, 15) is 18.0 Å². The lowest BCUT2D eigenvalue weighted by Gasteiger charge is -2.16. The third-order valence-electron chi connectivity index (χ3n) is 3.60. The van der Waals surface area contributed by atoms with Crippen molar-refractivity contribution in [1.82, 2.24) is 9.97 Å². The topological polar surface area (TPSA) is 87.9 Å². The number of rotatable bonds is 2. The molecule has 2 aromatic rings. The fourth-order valence-corrected chi connectivity index (χ4v) is 2.41. The van der Waals surface area contributed by atoms with Crippen LogP contribution in [-0.2, 0) is 23.9 Å². The maximum Gasteiger partial charge on any atom is 0.434 e. The number of halogens is 3. The molecule has 0 unspecified atom stereocenters. The first-order valence-electron chi connectivity index (χ1n) is 7.22. The highest BCUT2D eigenvalue weighted by Crippen LogP contribution is 2.30. The number of alkyl halides is 3. The van der Waals surface area contributed by atoms with Gasteiger partial charge in [0.2, 0.25) is 0 Å². The van der Waals surface area contributed by atoms with Gasteiger partial charge in [0, 0.05) is 23.9 Å². The summed E-state index contributed by atoms with van der Waals surface area (Å²) in [6.07, 6.45) is -1.83. The Bertz CT molecular complexity index is 875. The second-order valence-electron chi connectivity index (χ2n) is 5.32. The fraction of sp³-hybridized carbons (Fsp3) is 0.250. The number of aromatic nitrogens is 2. The number of anilines is 1. The van der Waals surface area contributed by atoms with Crippen LogP contribution in [0.1, 0.15) is 32.9 Å². The maximum atomic E-state index is 12.7. The van der Waals surface area contributed by atoms with E-state index in [1.54, 1.807) is 6.07 Å². The predicted molar refractivity (Wildman–Crippen MR) is 79.5 cm³/mol. The number of nitriles is 1. The van der Waals surface area contributed by atoms with Crippen LogP contribution < -0.4 is 5.32 Å². The molecule has 0 saturated carbocycles. The normalized spacial score (nSPS) is 13.7. The molecule has 1 aliphatic rings. The lowest BCUT2D eigenvalue weighted by molar-refractivity contribution is -0.141. The first-order chi connectivity index (χ1) is 11.9. The van der Waals surface area contributed by atoms with Gasteiger partial charge in [-0.2, -0.15) is 18.4 Å². The van der Waals surface area contributed by atoms with Gasteiger partial charge in [-0.25, -0.2) is 4.98 Å². The lowest BCUT2D eigenvalue weighted by atomic mass is 10.1. The molecule has 3 heterocycles. The number of amides is 1. The van der Waals surface area contributed by atoms with Gasteiger partial charge in [0.25, 0.3) is 5.91 Å². The van der Waals surface area contributed by atoms with E-state index in [4.69, 9.17) is 10.00 Å². The van der Waals surface area contributed by atoms with E-state index in [1.165, 1.54) is 12.3 Å². The second-order valence-corrected chi connectivity index (χ2v) is 5.32. The predicted octanol–water partition coefficient (Wildman–Crippen LogP) is 2.69. The van der Waals surface area contributed by atoms with Crippen molar-refractivity contribution in [2.45, 2.75) is 19.2 Å². The summed E-state index contributed by atoms with van der Waals surface area (Å²) in [5, 5.41) is 11.4. The van der Waals surface area contributed by atoms with Crippen LogP contribution in [0.15, 0.2) is 24.5 Å². The Hall–Kier alpha value is -2.99. The number of nitrogens with zero attached hydrogens (tertiary/aromatic N) is 3. The average molecular weight is 348 g/mol. The van der Waals surface area contributed by atoms with Gasteiger partial charge in [-0.3, -0.25) is 9.78 Å². The Kier molecular flexibility index (Phi) is 4.37. The molecule has 6 nitrogen and oxygen atoms in total. The standard InChI is InChI=1S/C16H11F3N4O2/c17-16(18,19)14-9(5-20)3-10(6-22-14)15(24)23-12-4-11-8-25-2-1-13(11)21-7-12/h3-4,6-7H,1-2,8H2,(H,23,24). The zero-order valence-electron chi connectivity index (χ0n) is 12.7. The number of ether oxygens (including phenoxy) is 1. The molecular formula is C16H11F3N4O2. The van der Waals surface area contributed by atoms with E-state index in [1.807, 2.05) is 0 Å². The van der Waals surface area contributed by atoms with E-state index < -0.39 is 23.3 Å². The monoisotopic (exact) mass is 348 g/mol. The number of hydrogen-bond donors (Lipinski definition) is 1. The minimum atomic E-state index is -4.76. The summed E-state index contributed by atoms with van der Waals surface area (Å²) in [6.45, 7) is 0.965. The summed E-state index contributed by atoms with van der Waals surface area (Å²) in [6, 6.07) is 3.97. The van der Waals surface area contributed by atoms with E-state index in [2.05, 4.69) is 15.3 Å². The van der Waals surface area contributed by atoms with Gasteiger partial charge in [-0.05, 0) is 12.1 Å². The molecule has 0 fully saturated rings. The van der Waals surface area contributed by atoms with E-state index in [0.717, 1.165) is 23.5 Å². The SMILES string of the molecule is N#Cc1cc(C(=O)Nc2cnc3c(c2)COCC3)cnc1C(F)(F)F. The van der Waals surface area contributed by atoms with Gasteiger partial charge in [-0.1, -0.05) is 0 Å². The van der Waals surface area contributed by atoms with Crippen LogP contribution >= 0.6 is 0 Å². The molecule has 128 valence electrons. The summed E-state index contributed by atoms with van der Waals surface area (Å²) in [4.78, 5) is 19.7. The first-order valence-corrected chi connectivity index (χ1v) is 7.22. The minimum absolute atomic E-state index is 0.154. The molecule has 3 rings (SSSR count). The second kappa shape index (κ2) is 6.49. The molecule has 1 amide bonds. The summed E-state index contributed by atoms with van der Waals surface area (Å²) in [5.41, 5.74) is -0.0815. The van der Waals surface area contributed by atoms with Crippen LogP contribution in [-0.4, -0.2) is 22.5 Å². The van der Waals surface area contributed by atoms with Crippen molar-refractivity contribution >= 4 is 11.6 Å². The van der Waals surface area contributed by atoms with Gasteiger partial charge >= 0.3 is 6.18 Å². The average Bonchev–Trinajstić information content (AvgIpc) is 2.60. The molecule has 25 heavy (non-hydrogen) atoms. The molecule has 0 atom stereocenters. The quantitative estimate of drug-likeness (QED) is 0.901. The summed E-state index contributed by atoms with van der Waals surface area (Å²) in [7, 11) is 0. The van der Waals surface area contributed by atoms with E-state index in [0.29, 0.717) is 25.3 Å². The smallest absolute Gasteiger partial charge is 0.376 e. The van der Waals surface area contributed by atoms with Crippen LogP contribution in [0, 0.1) is 11.3 Å². The van der Waals surface area contributed by atoms with Gasteiger partial charge in [0.05, 0.1) is 36.2 Å². The molecular weight excluding hydrogens is 337 g/mol. The van der Waals surface area contributed by atoms with Crippen molar-refractivity contribution < 1.29 is 22.7 Å². The van der Waals surface area contributed by atoms with E-state index >= 15 is 0 Å². The van der Waals surface area contributed by atoms with Gasteiger partial charge in [0.15, 0.2) is 5.69 Å². The molecule has 0 aromatic carbocycles. The number of carbonyl (C=O) groups is 1. The van der Waals surface area contributed by atoms with Gasteiger partial charge < -0.3 is 10.1 Å². The minimum Gasteiger partial charge on any atom is -0.376 e. The van der Waals surface area contributed by atoms with Crippen LogP contribution in [0.4, 0.5) is 18.9 Å². The van der Waals surface area contributed by atoms with E-state index in [-0.39, 0.29) is 5.56 Å². The summed E-state index contributed by atoms with van der Waals surface area (Å²) < 4.78 is 43.5. The number of carbonyl (C=O) groups excluding carboxylic acids is 1. The Morgan fingerprint density at radius 1 is 1.28 bits per heavy atom. The molecule has 9 heteroatoms. The zero-order chi connectivity index (χ0) is 18.0. The fourth-order valence-electron chi connectivity index (χ4n) is 2.41. The molecule has 0 radical (unpaired) electrons. The van der Waals surface area contributed by atoms with Gasteiger partial charge in [0.1, 0.15) is 6.07 Å². The van der Waals surface area contributed by atoms with Crippen LogP contribution in [0.5, 0.6) is 0 Å². The third kappa shape index (κ3) is 3.59. The molecule has 0 saturated heterocycles. The van der Waals surface area contributed by atoms with Crippen LogP contribution in [0.25, 0.3) is 0 Å².